The average Bonchev–Trinajstić information content (AvgIpc) is 3.14. The van der Waals surface area contributed by atoms with Gasteiger partial charge in [0.25, 0.3) is 0 Å². The van der Waals surface area contributed by atoms with Crippen LogP contribution in [-0.4, -0.2) is 28.3 Å². The highest BCUT2D eigenvalue weighted by Gasteiger charge is 2.22. The summed E-state index contributed by atoms with van der Waals surface area (Å²) in [5.41, 5.74) is 14.8. The molecule has 170 valence electrons. The van der Waals surface area contributed by atoms with Crippen LogP contribution in [0.25, 0.3) is 11.1 Å². The van der Waals surface area contributed by atoms with Crippen molar-refractivity contribution in [3.63, 3.8) is 0 Å². The van der Waals surface area contributed by atoms with Gasteiger partial charge in [-0.15, -0.1) is 23.1 Å². The maximum atomic E-state index is 13.8. The lowest BCUT2D eigenvalue weighted by atomic mass is 10.0. The first-order chi connectivity index (χ1) is 15.2. The molecule has 0 bridgehead atoms. The van der Waals surface area contributed by atoms with E-state index in [0.29, 0.717) is 18.0 Å². The van der Waals surface area contributed by atoms with E-state index in [9.17, 15) is 18.4 Å². The number of rotatable bonds is 7. The lowest BCUT2D eigenvalue weighted by molar-refractivity contribution is -0.105. The topological polar surface area (TPSA) is 139 Å². The summed E-state index contributed by atoms with van der Waals surface area (Å²) in [6.45, 7) is 1.76. The van der Waals surface area contributed by atoms with Crippen LogP contribution in [-0.2, 0) is 11.3 Å². The zero-order valence-electron chi connectivity index (χ0n) is 16.9. The third-order valence-electron chi connectivity index (χ3n) is 4.29. The number of nitrogen functional groups attached to an aromatic ring is 2. The third kappa shape index (κ3) is 5.82. The molecule has 0 atom stereocenters. The van der Waals surface area contributed by atoms with Crippen molar-refractivity contribution in [3.8, 4) is 11.1 Å². The number of carboxylic acid groups (broad SMARTS) is 1. The highest BCUT2D eigenvalue weighted by atomic mass is 32.2. The fourth-order valence-electron chi connectivity index (χ4n) is 2.77. The molecule has 32 heavy (non-hydrogen) atoms. The maximum Gasteiger partial charge on any atom is 0.339 e. The second-order valence-electron chi connectivity index (χ2n) is 6.40. The number of hydroxylamine groups is 1. The van der Waals surface area contributed by atoms with Crippen LogP contribution < -0.4 is 16.9 Å². The monoisotopic (exact) mass is 481 g/mol. The van der Waals surface area contributed by atoms with Gasteiger partial charge in [0.2, 0.25) is 0 Å². The summed E-state index contributed by atoms with van der Waals surface area (Å²) >= 11 is 2.35. The van der Waals surface area contributed by atoms with Crippen LogP contribution in [0.5, 0.6) is 0 Å². The minimum Gasteiger partial charge on any atom is -0.478 e. The van der Waals surface area contributed by atoms with Gasteiger partial charge in [-0.2, -0.15) is 0 Å². The van der Waals surface area contributed by atoms with Gasteiger partial charge in [-0.25, -0.2) is 19.1 Å². The van der Waals surface area contributed by atoms with Gasteiger partial charge in [0.05, 0.1) is 5.75 Å². The number of nitrogens with one attached hydrogen (secondary N) is 1. The first-order valence-corrected chi connectivity index (χ1v) is 10.9. The Morgan fingerprint density at radius 2 is 1.91 bits per heavy atom. The molecule has 7 nitrogen and oxygen atoms in total. The zero-order chi connectivity index (χ0) is 23.8. The normalized spacial score (nSPS) is 10.4. The number of aryl methyl sites for hydroxylation is 1. The molecule has 0 saturated heterocycles. The second-order valence-corrected chi connectivity index (χ2v) is 8.34. The van der Waals surface area contributed by atoms with Gasteiger partial charge >= 0.3 is 5.97 Å². The Morgan fingerprint density at radius 1 is 1.19 bits per heavy atom. The number of carboxylic acids is 1. The van der Waals surface area contributed by atoms with Crippen LogP contribution in [0, 0.1) is 18.6 Å². The molecule has 7 N–H and O–H groups in total. The van der Waals surface area contributed by atoms with Crippen molar-refractivity contribution in [2.45, 2.75) is 18.4 Å². The molecule has 2 aromatic carbocycles. The molecule has 0 aliphatic carbocycles. The van der Waals surface area contributed by atoms with Crippen molar-refractivity contribution >= 4 is 46.0 Å². The van der Waals surface area contributed by atoms with Crippen LogP contribution >= 0.6 is 23.1 Å². The van der Waals surface area contributed by atoms with Gasteiger partial charge in [0, 0.05) is 33.6 Å². The van der Waals surface area contributed by atoms with E-state index in [-0.39, 0.29) is 27.3 Å². The maximum absolute atomic E-state index is 13.8. The highest BCUT2D eigenvalue weighted by molar-refractivity contribution is 8.00. The van der Waals surface area contributed by atoms with Crippen molar-refractivity contribution in [1.82, 2.24) is 5.48 Å². The summed E-state index contributed by atoms with van der Waals surface area (Å²) in [4.78, 5) is 22.1. The van der Waals surface area contributed by atoms with Crippen LogP contribution in [0.2, 0.25) is 0 Å². The summed E-state index contributed by atoms with van der Waals surface area (Å²) < 4.78 is 27.3. The van der Waals surface area contributed by atoms with E-state index in [1.165, 1.54) is 36.2 Å². The molecule has 3 aromatic rings. The highest BCUT2D eigenvalue weighted by Crippen LogP contribution is 2.36. The second kappa shape index (κ2) is 11.6. The van der Waals surface area contributed by atoms with E-state index in [0.717, 1.165) is 28.1 Å². The number of aldehydes is 1. The third-order valence-corrected chi connectivity index (χ3v) is 6.19. The molecule has 0 spiro atoms. The van der Waals surface area contributed by atoms with Crippen LogP contribution in [0.4, 0.5) is 19.5 Å². The molecular weight excluding hydrogens is 460 g/mol. The van der Waals surface area contributed by atoms with Crippen molar-refractivity contribution in [3.05, 3.63) is 64.0 Å². The molecule has 0 aliphatic rings. The van der Waals surface area contributed by atoms with E-state index >= 15 is 0 Å². The van der Waals surface area contributed by atoms with Crippen molar-refractivity contribution in [2.75, 3.05) is 17.2 Å². The number of carbonyl (C=O) groups is 2. The lowest BCUT2D eigenvalue weighted by Gasteiger charge is -2.09. The van der Waals surface area contributed by atoms with E-state index in [1.807, 2.05) is 12.1 Å². The Kier molecular flexibility index (Phi) is 9.14. The Labute approximate surface area is 191 Å². The van der Waals surface area contributed by atoms with Gasteiger partial charge in [-0.05, 0) is 24.1 Å². The SMILES string of the molecule is Cc1ccc(-c2csc(N)c2C(=O)O)c(F)c1F.Nc1cccc(CNO)c1SCC=O. The van der Waals surface area contributed by atoms with E-state index < -0.39 is 17.6 Å². The van der Waals surface area contributed by atoms with Gasteiger partial charge in [0.15, 0.2) is 11.6 Å². The fourth-order valence-corrected chi connectivity index (χ4v) is 4.37. The molecule has 1 heterocycles. The number of thiophene rings is 1. The first kappa shape index (κ1) is 25.3. The largest absolute Gasteiger partial charge is 0.478 e. The predicted molar refractivity (Wildman–Crippen MR) is 122 cm³/mol. The number of hydrogen-bond acceptors (Lipinski definition) is 8. The van der Waals surface area contributed by atoms with Crippen LogP contribution in [0.15, 0.2) is 40.6 Å². The number of carbonyl (C=O) groups excluding carboxylic acids is 1. The van der Waals surface area contributed by atoms with Crippen molar-refractivity contribution in [2.24, 2.45) is 0 Å². The molecule has 0 saturated carbocycles. The van der Waals surface area contributed by atoms with Crippen LogP contribution in [0.1, 0.15) is 21.5 Å². The quantitative estimate of drug-likeness (QED) is 0.146. The molecule has 1 aromatic heterocycles. The predicted octanol–water partition coefficient (Wildman–Crippen LogP) is 4.32. The molecule has 0 aliphatic heterocycles. The van der Waals surface area contributed by atoms with Crippen LogP contribution in [0.3, 0.4) is 0 Å². The molecular formula is C21H21F2N3O4S2. The fraction of sp³-hybridized carbons (Fsp3) is 0.143. The van der Waals surface area contributed by atoms with Gasteiger partial charge < -0.3 is 26.6 Å². The Morgan fingerprint density at radius 3 is 2.53 bits per heavy atom. The van der Waals surface area contributed by atoms with Gasteiger partial charge in [0.1, 0.15) is 16.9 Å². The zero-order valence-corrected chi connectivity index (χ0v) is 18.5. The summed E-state index contributed by atoms with van der Waals surface area (Å²) in [6.07, 6.45) is 0.827. The Bertz CT molecular complexity index is 1120. The number of aromatic carboxylic acids is 1. The van der Waals surface area contributed by atoms with E-state index in [1.54, 1.807) is 6.07 Å². The number of thioether (sulfide) groups is 1. The molecule has 11 heteroatoms. The molecule has 3 rings (SSSR count). The number of benzene rings is 2. The minimum atomic E-state index is -1.26. The van der Waals surface area contributed by atoms with Gasteiger partial charge in [-0.1, -0.05) is 24.3 Å². The summed E-state index contributed by atoms with van der Waals surface area (Å²) in [5, 5.41) is 19.1. The Balaban J connectivity index is 0.000000235. The number of anilines is 2. The van der Waals surface area contributed by atoms with Crippen molar-refractivity contribution < 1.29 is 28.7 Å². The van der Waals surface area contributed by atoms with E-state index in [4.69, 9.17) is 21.8 Å². The lowest BCUT2D eigenvalue weighted by Crippen LogP contribution is -2.08. The van der Waals surface area contributed by atoms with Gasteiger partial charge in [-0.3, -0.25) is 0 Å². The Hall–Kier alpha value is -2.99. The minimum absolute atomic E-state index is 0.0675. The first-order valence-electron chi connectivity index (χ1n) is 9.08. The number of nitrogens with two attached hydrogens (primary N) is 2. The molecule has 0 fully saturated rings. The smallest absolute Gasteiger partial charge is 0.339 e. The molecule has 0 radical (unpaired) electrons. The average molecular weight is 482 g/mol. The molecule has 0 unspecified atom stereocenters. The number of halogens is 2. The van der Waals surface area contributed by atoms with E-state index in [2.05, 4.69) is 5.48 Å². The summed E-state index contributed by atoms with van der Waals surface area (Å²) in [6, 6.07) is 8.18. The molecule has 0 amide bonds. The van der Waals surface area contributed by atoms with Crippen molar-refractivity contribution in [1.29, 1.82) is 0 Å². The summed E-state index contributed by atoms with van der Waals surface area (Å²) in [5.74, 6) is -2.93. The summed E-state index contributed by atoms with van der Waals surface area (Å²) in [7, 11) is 0. The standard InChI is InChI=1S/C12H9F2NO2S.C9H12N2O2S/c1-5-2-3-6(10(14)9(5)13)7-4-18-11(15)8(7)12(16)17;10-8-3-1-2-7(6-11-13)9(8)14-5-4-12/h2-4H,15H2,1H3,(H,16,17);1-4,11,13H,5-6,10H2. The number of hydrogen-bond donors (Lipinski definition) is 5.